The largest absolute Gasteiger partial charge is 0.465 e. The molecule has 0 aliphatic carbocycles. The van der Waals surface area contributed by atoms with Crippen LogP contribution in [0.5, 0.6) is 0 Å². The normalized spacial score (nSPS) is 12.8. The van der Waals surface area contributed by atoms with Crippen molar-refractivity contribution in [2.45, 2.75) is 40.2 Å². The number of esters is 1. The Kier molecular flexibility index (Phi) is 9.83. The Hall–Kier alpha value is -0.220. The van der Waals surface area contributed by atoms with Gasteiger partial charge in [-0.2, -0.15) is 11.8 Å². The molecule has 0 aromatic heterocycles. The predicted molar refractivity (Wildman–Crippen MR) is 70.9 cm³/mol. The lowest BCUT2D eigenvalue weighted by molar-refractivity contribution is -0.145. The van der Waals surface area contributed by atoms with Crippen LogP contribution in [-0.4, -0.2) is 36.7 Å². The first-order valence-corrected chi connectivity index (χ1v) is 7.25. The van der Waals surface area contributed by atoms with Gasteiger partial charge in [0.2, 0.25) is 0 Å². The predicted octanol–water partition coefficient (Wildman–Crippen LogP) is 2.31. The fourth-order valence-corrected chi connectivity index (χ4v) is 1.96. The number of hydrogen-bond donors (Lipinski definition) is 1. The van der Waals surface area contributed by atoms with Gasteiger partial charge in [-0.1, -0.05) is 20.8 Å². The summed E-state index contributed by atoms with van der Waals surface area (Å²) >= 11 is 1.86. The average molecular weight is 247 g/mol. The molecule has 0 radical (unpaired) electrons. The summed E-state index contributed by atoms with van der Waals surface area (Å²) in [7, 11) is 0. The Morgan fingerprint density at radius 1 is 1.38 bits per heavy atom. The summed E-state index contributed by atoms with van der Waals surface area (Å²) in [6.07, 6.45) is 0.851. The summed E-state index contributed by atoms with van der Waals surface area (Å²) in [6.45, 7) is 9.57. The van der Waals surface area contributed by atoms with Crippen molar-refractivity contribution >= 4 is 17.7 Å². The molecule has 0 saturated heterocycles. The molecule has 0 spiro atoms. The van der Waals surface area contributed by atoms with Gasteiger partial charge in [-0.15, -0.1) is 0 Å². The molecule has 0 aliphatic heterocycles. The number of hydrogen-bond acceptors (Lipinski definition) is 4. The standard InChI is InChI=1S/C12H25NO2S/c1-5-15-12(14)11(7-8-16-6-2)13-9-10(3)4/h10-11,13H,5-9H2,1-4H3. The van der Waals surface area contributed by atoms with Crippen LogP contribution >= 0.6 is 11.8 Å². The van der Waals surface area contributed by atoms with Gasteiger partial charge in [0.15, 0.2) is 0 Å². The van der Waals surface area contributed by atoms with E-state index in [0.29, 0.717) is 12.5 Å². The van der Waals surface area contributed by atoms with Crippen molar-refractivity contribution in [3.8, 4) is 0 Å². The number of carbonyl (C=O) groups excluding carboxylic acids is 1. The molecule has 0 heterocycles. The molecule has 0 amide bonds. The molecule has 1 unspecified atom stereocenters. The van der Waals surface area contributed by atoms with Crippen LogP contribution < -0.4 is 5.32 Å². The van der Waals surface area contributed by atoms with Gasteiger partial charge in [0.25, 0.3) is 0 Å². The summed E-state index contributed by atoms with van der Waals surface area (Å²) in [5, 5.41) is 3.27. The van der Waals surface area contributed by atoms with Crippen LogP contribution in [0.3, 0.4) is 0 Å². The molecule has 1 atom stereocenters. The number of ether oxygens (including phenoxy) is 1. The number of rotatable bonds is 9. The van der Waals surface area contributed by atoms with E-state index in [0.717, 1.165) is 24.5 Å². The third kappa shape index (κ3) is 7.99. The van der Waals surface area contributed by atoms with Crippen molar-refractivity contribution in [1.29, 1.82) is 0 Å². The van der Waals surface area contributed by atoms with Crippen LogP contribution in [0.1, 0.15) is 34.1 Å². The van der Waals surface area contributed by atoms with Crippen LogP contribution in [-0.2, 0) is 9.53 Å². The fraction of sp³-hybridized carbons (Fsp3) is 0.917. The molecular weight excluding hydrogens is 222 g/mol. The Balaban J connectivity index is 3.99. The highest BCUT2D eigenvalue weighted by Gasteiger charge is 2.18. The van der Waals surface area contributed by atoms with Gasteiger partial charge in [-0.25, -0.2) is 0 Å². The van der Waals surface area contributed by atoms with Crippen molar-refractivity contribution in [1.82, 2.24) is 5.32 Å². The molecule has 1 N–H and O–H groups in total. The highest BCUT2D eigenvalue weighted by Crippen LogP contribution is 2.06. The van der Waals surface area contributed by atoms with E-state index in [4.69, 9.17) is 4.74 Å². The molecule has 0 aromatic carbocycles. The minimum absolute atomic E-state index is 0.111. The number of thioether (sulfide) groups is 1. The molecule has 16 heavy (non-hydrogen) atoms. The maximum Gasteiger partial charge on any atom is 0.323 e. The quantitative estimate of drug-likeness (QED) is 0.501. The smallest absolute Gasteiger partial charge is 0.323 e. The second-order valence-corrected chi connectivity index (χ2v) is 5.49. The lowest BCUT2D eigenvalue weighted by Gasteiger charge is -2.18. The molecular formula is C12H25NO2S. The zero-order chi connectivity index (χ0) is 12.4. The SMILES string of the molecule is CCOC(=O)C(CCSCC)NCC(C)C. The lowest BCUT2D eigenvalue weighted by Crippen LogP contribution is -2.40. The molecule has 4 heteroatoms. The van der Waals surface area contributed by atoms with Gasteiger partial charge in [0, 0.05) is 0 Å². The summed E-state index contributed by atoms with van der Waals surface area (Å²) in [5.74, 6) is 2.54. The fourth-order valence-electron chi connectivity index (χ4n) is 1.27. The first kappa shape index (κ1) is 15.8. The Morgan fingerprint density at radius 3 is 2.56 bits per heavy atom. The van der Waals surface area contributed by atoms with Crippen molar-refractivity contribution in [3.05, 3.63) is 0 Å². The first-order valence-electron chi connectivity index (χ1n) is 6.09. The second kappa shape index (κ2) is 9.97. The molecule has 3 nitrogen and oxygen atoms in total. The summed E-state index contributed by atoms with van der Waals surface area (Å²) in [4.78, 5) is 11.7. The van der Waals surface area contributed by atoms with E-state index in [1.807, 2.05) is 18.7 Å². The van der Waals surface area contributed by atoms with Crippen molar-refractivity contribution in [3.63, 3.8) is 0 Å². The van der Waals surface area contributed by atoms with E-state index in [2.05, 4.69) is 26.1 Å². The molecule has 0 aliphatic rings. The zero-order valence-electron chi connectivity index (χ0n) is 10.9. The summed E-state index contributed by atoms with van der Waals surface area (Å²) in [6, 6.07) is -0.138. The second-order valence-electron chi connectivity index (χ2n) is 4.09. The molecule has 0 fully saturated rings. The van der Waals surface area contributed by atoms with Gasteiger partial charge < -0.3 is 10.1 Å². The van der Waals surface area contributed by atoms with Crippen LogP contribution in [0.4, 0.5) is 0 Å². The van der Waals surface area contributed by atoms with Gasteiger partial charge in [0.1, 0.15) is 6.04 Å². The van der Waals surface area contributed by atoms with Crippen molar-refractivity contribution in [2.24, 2.45) is 5.92 Å². The average Bonchev–Trinajstić information content (AvgIpc) is 2.23. The van der Waals surface area contributed by atoms with Gasteiger partial charge in [-0.05, 0) is 37.3 Å². The minimum atomic E-state index is -0.138. The molecule has 0 aromatic rings. The highest BCUT2D eigenvalue weighted by molar-refractivity contribution is 7.99. The molecule has 96 valence electrons. The third-order valence-electron chi connectivity index (χ3n) is 2.10. The topological polar surface area (TPSA) is 38.3 Å². The van der Waals surface area contributed by atoms with E-state index in [9.17, 15) is 4.79 Å². The number of nitrogens with one attached hydrogen (secondary N) is 1. The minimum Gasteiger partial charge on any atom is -0.465 e. The van der Waals surface area contributed by atoms with Crippen LogP contribution in [0.15, 0.2) is 0 Å². The first-order chi connectivity index (χ1) is 7.61. The van der Waals surface area contributed by atoms with Crippen LogP contribution in [0.25, 0.3) is 0 Å². The van der Waals surface area contributed by atoms with E-state index in [-0.39, 0.29) is 12.0 Å². The van der Waals surface area contributed by atoms with Gasteiger partial charge in [0.05, 0.1) is 6.61 Å². The van der Waals surface area contributed by atoms with E-state index in [1.165, 1.54) is 0 Å². The van der Waals surface area contributed by atoms with E-state index in [1.54, 1.807) is 0 Å². The monoisotopic (exact) mass is 247 g/mol. The number of carbonyl (C=O) groups is 1. The van der Waals surface area contributed by atoms with E-state index >= 15 is 0 Å². The molecule has 0 rings (SSSR count). The third-order valence-corrected chi connectivity index (χ3v) is 3.03. The van der Waals surface area contributed by atoms with Crippen LogP contribution in [0, 0.1) is 5.92 Å². The lowest BCUT2D eigenvalue weighted by atomic mass is 10.2. The maximum absolute atomic E-state index is 11.7. The zero-order valence-corrected chi connectivity index (χ0v) is 11.7. The van der Waals surface area contributed by atoms with Gasteiger partial charge >= 0.3 is 5.97 Å². The Labute approximate surface area is 104 Å². The van der Waals surface area contributed by atoms with Crippen molar-refractivity contribution in [2.75, 3.05) is 24.7 Å². The highest BCUT2D eigenvalue weighted by atomic mass is 32.2. The Bertz CT molecular complexity index is 186. The summed E-state index contributed by atoms with van der Waals surface area (Å²) in [5.41, 5.74) is 0. The van der Waals surface area contributed by atoms with Crippen LogP contribution in [0.2, 0.25) is 0 Å². The maximum atomic E-state index is 11.7. The molecule has 0 saturated carbocycles. The Morgan fingerprint density at radius 2 is 2.06 bits per heavy atom. The van der Waals surface area contributed by atoms with E-state index < -0.39 is 0 Å². The molecule has 0 bridgehead atoms. The van der Waals surface area contributed by atoms with Gasteiger partial charge in [-0.3, -0.25) is 4.79 Å². The summed E-state index contributed by atoms with van der Waals surface area (Å²) < 4.78 is 5.06. The van der Waals surface area contributed by atoms with Crippen molar-refractivity contribution < 1.29 is 9.53 Å².